The van der Waals surface area contributed by atoms with Gasteiger partial charge in [0.25, 0.3) is 5.91 Å². The molecule has 1 rings (SSSR count). The predicted molar refractivity (Wildman–Crippen MR) is 86.8 cm³/mol. The molecule has 1 aromatic carbocycles. The van der Waals surface area contributed by atoms with Crippen LogP contribution in [0, 0.1) is 0 Å². The van der Waals surface area contributed by atoms with Crippen molar-refractivity contribution < 1.29 is 9.53 Å². The molecule has 4 nitrogen and oxygen atoms in total. The van der Waals surface area contributed by atoms with Crippen LogP contribution in [-0.2, 0) is 4.79 Å². The zero-order valence-corrected chi connectivity index (χ0v) is 13.4. The van der Waals surface area contributed by atoms with Gasteiger partial charge in [0, 0.05) is 6.54 Å². The number of amides is 1. The quantitative estimate of drug-likeness (QED) is 0.652. The number of rotatable bonds is 10. The maximum absolute atomic E-state index is 11.7. The number of para-hydroxylation sites is 1. The Kier molecular flexibility index (Phi) is 8.51. The minimum Gasteiger partial charge on any atom is -0.483 e. The van der Waals surface area contributed by atoms with E-state index < -0.39 is 0 Å². The molecule has 0 aliphatic rings. The zero-order chi connectivity index (χ0) is 15.5. The summed E-state index contributed by atoms with van der Waals surface area (Å²) in [6, 6.07) is 7.95. The first-order valence-corrected chi connectivity index (χ1v) is 7.82. The van der Waals surface area contributed by atoms with E-state index in [0.717, 1.165) is 31.6 Å². The van der Waals surface area contributed by atoms with Gasteiger partial charge in [0.2, 0.25) is 0 Å². The topological polar surface area (TPSA) is 50.4 Å². The molecule has 0 fully saturated rings. The third kappa shape index (κ3) is 6.63. The van der Waals surface area contributed by atoms with E-state index in [2.05, 4.69) is 30.5 Å². The van der Waals surface area contributed by atoms with Gasteiger partial charge in [-0.25, -0.2) is 0 Å². The van der Waals surface area contributed by atoms with Crippen LogP contribution in [0.4, 0.5) is 0 Å². The van der Waals surface area contributed by atoms with Gasteiger partial charge in [-0.15, -0.1) is 0 Å². The Bertz CT molecular complexity index is 421. The lowest BCUT2D eigenvalue weighted by molar-refractivity contribution is -0.123. The normalized spacial score (nSPS) is 12.0. The van der Waals surface area contributed by atoms with Crippen LogP contribution in [0.15, 0.2) is 24.3 Å². The molecule has 21 heavy (non-hydrogen) atoms. The van der Waals surface area contributed by atoms with Crippen molar-refractivity contribution in [1.29, 1.82) is 0 Å². The molecule has 0 bridgehead atoms. The molecule has 2 N–H and O–H groups in total. The van der Waals surface area contributed by atoms with E-state index in [9.17, 15) is 4.79 Å². The van der Waals surface area contributed by atoms with E-state index in [0.29, 0.717) is 12.5 Å². The highest BCUT2D eigenvalue weighted by Gasteiger charge is 2.10. The molecule has 0 heterocycles. The summed E-state index contributed by atoms with van der Waals surface area (Å²) in [6.45, 7) is 6.09. The summed E-state index contributed by atoms with van der Waals surface area (Å²) in [7, 11) is 1.93. The second kappa shape index (κ2) is 10.2. The number of ether oxygens (including phenoxy) is 1. The standard InChI is InChI=1S/C17H28N2O2/c1-4-14(2)15-9-5-6-10-16(15)21-13-17(20)19-12-8-7-11-18-3/h5-6,9-10,14,18H,4,7-8,11-13H2,1-3H3,(H,19,20). The van der Waals surface area contributed by atoms with Crippen LogP contribution in [0.2, 0.25) is 0 Å². The lowest BCUT2D eigenvalue weighted by atomic mass is 9.98. The fourth-order valence-corrected chi connectivity index (χ4v) is 2.09. The monoisotopic (exact) mass is 292 g/mol. The number of hydrogen-bond acceptors (Lipinski definition) is 3. The molecular formula is C17H28N2O2. The molecule has 0 saturated carbocycles. The molecule has 1 amide bonds. The van der Waals surface area contributed by atoms with Crippen molar-refractivity contribution in [3.05, 3.63) is 29.8 Å². The van der Waals surface area contributed by atoms with Gasteiger partial charge in [0.05, 0.1) is 0 Å². The fourth-order valence-electron chi connectivity index (χ4n) is 2.09. The number of hydrogen-bond donors (Lipinski definition) is 2. The second-order valence-corrected chi connectivity index (χ2v) is 5.30. The number of carbonyl (C=O) groups is 1. The fraction of sp³-hybridized carbons (Fsp3) is 0.588. The van der Waals surface area contributed by atoms with Crippen LogP contribution < -0.4 is 15.4 Å². The summed E-state index contributed by atoms with van der Waals surface area (Å²) in [5.74, 6) is 1.20. The van der Waals surface area contributed by atoms with E-state index >= 15 is 0 Å². The highest BCUT2D eigenvalue weighted by atomic mass is 16.5. The first-order chi connectivity index (χ1) is 10.2. The van der Waals surface area contributed by atoms with Crippen molar-refractivity contribution in [2.45, 2.75) is 39.0 Å². The molecule has 0 radical (unpaired) electrons. The summed E-state index contributed by atoms with van der Waals surface area (Å²) < 4.78 is 5.68. The summed E-state index contributed by atoms with van der Waals surface area (Å²) in [5.41, 5.74) is 1.17. The van der Waals surface area contributed by atoms with Crippen molar-refractivity contribution in [1.82, 2.24) is 10.6 Å². The minimum absolute atomic E-state index is 0.0570. The summed E-state index contributed by atoms with van der Waals surface area (Å²) in [4.78, 5) is 11.7. The lowest BCUT2D eigenvalue weighted by Gasteiger charge is -2.15. The van der Waals surface area contributed by atoms with Crippen molar-refractivity contribution in [2.24, 2.45) is 0 Å². The van der Waals surface area contributed by atoms with Crippen LogP contribution in [0.25, 0.3) is 0 Å². The Hall–Kier alpha value is -1.55. The SMILES string of the molecule is CCC(C)c1ccccc1OCC(=O)NCCCCNC. The zero-order valence-electron chi connectivity index (χ0n) is 13.4. The van der Waals surface area contributed by atoms with Crippen LogP contribution >= 0.6 is 0 Å². The van der Waals surface area contributed by atoms with Crippen molar-refractivity contribution >= 4 is 5.91 Å². The molecule has 1 unspecified atom stereocenters. The van der Waals surface area contributed by atoms with Gasteiger partial charge in [0.1, 0.15) is 5.75 Å². The lowest BCUT2D eigenvalue weighted by Crippen LogP contribution is -2.30. The molecule has 0 aliphatic heterocycles. The molecule has 0 aromatic heterocycles. The van der Waals surface area contributed by atoms with Crippen LogP contribution in [-0.4, -0.2) is 32.7 Å². The molecular weight excluding hydrogens is 264 g/mol. The summed E-state index contributed by atoms with van der Waals surface area (Å²) in [5, 5.41) is 5.97. The third-order valence-electron chi connectivity index (χ3n) is 3.60. The smallest absolute Gasteiger partial charge is 0.257 e. The summed E-state index contributed by atoms with van der Waals surface area (Å²) >= 11 is 0. The van der Waals surface area contributed by atoms with Crippen LogP contribution in [0.5, 0.6) is 5.75 Å². The van der Waals surface area contributed by atoms with Gasteiger partial charge in [-0.05, 0) is 50.4 Å². The maximum atomic E-state index is 11.7. The van der Waals surface area contributed by atoms with Crippen molar-refractivity contribution in [3.8, 4) is 5.75 Å². The Balaban J connectivity index is 2.36. The highest BCUT2D eigenvalue weighted by Crippen LogP contribution is 2.28. The van der Waals surface area contributed by atoms with Gasteiger partial charge >= 0.3 is 0 Å². The maximum Gasteiger partial charge on any atom is 0.257 e. The molecule has 0 aliphatic carbocycles. The molecule has 1 aromatic rings. The Morgan fingerprint density at radius 2 is 1.95 bits per heavy atom. The molecule has 1 atom stereocenters. The van der Waals surface area contributed by atoms with Gasteiger partial charge in [-0.3, -0.25) is 4.79 Å². The van der Waals surface area contributed by atoms with Crippen LogP contribution in [0.1, 0.15) is 44.6 Å². The highest BCUT2D eigenvalue weighted by molar-refractivity contribution is 5.77. The third-order valence-corrected chi connectivity index (χ3v) is 3.60. The molecule has 0 saturated heterocycles. The minimum atomic E-state index is -0.0570. The van der Waals surface area contributed by atoms with Crippen molar-refractivity contribution in [3.63, 3.8) is 0 Å². The Morgan fingerprint density at radius 3 is 2.67 bits per heavy atom. The van der Waals surface area contributed by atoms with Gasteiger partial charge in [-0.1, -0.05) is 32.0 Å². The van der Waals surface area contributed by atoms with Crippen LogP contribution in [0.3, 0.4) is 0 Å². The van der Waals surface area contributed by atoms with Gasteiger partial charge in [0.15, 0.2) is 6.61 Å². The number of unbranched alkanes of at least 4 members (excludes halogenated alkanes) is 1. The number of nitrogens with one attached hydrogen (secondary N) is 2. The van der Waals surface area contributed by atoms with E-state index in [1.807, 2.05) is 25.2 Å². The average molecular weight is 292 g/mol. The number of carbonyl (C=O) groups excluding carboxylic acids is 1. The molecule has 118 valence electrons. The molecule has 4 heteroatoms. The van der Waals surface area contributed by atoms with Gasteiger partial charge in [-0.2, -0.15) is 0 Å². The summed E-state index contributed by atoms with van der Waals surface area (Å²) in [6.07, 6.45) is 3.10. The van der Waals surface area contributed by atoms with E-state index in [1.165, 1.54) is 5.56 Å². The Labute approximate surface area is 128 Å². The first kappa shape index (κ1) is 17.5. The molecule has 0 spiro atoms. The average Bonchev–Trinajstić information content (AvgIpc) is 2.52. The predicted octanol–water partition coefficient (Wildman–Crippen LogP) is 2.69. The first-order valence-electron chi connectivity index (χ1n) is 7.82. The van der Waals surface area contributed by atoms with Gasteiger partial charge < -0.3 is 15.4 Å². The van der Waals surface area contributed by atoms with E-state index in [1.54, 1.807) is 0 Å². The van der Waals surface area contributed by atoms with E-state index in [-0.39, 0.29) is 12.5 Å². The van der Waals surface area contributed by atoms with Crippen molar-refractivity contribution in [2.75, 3.05) is 26.7 Å². The Morgan fingerprint density at radius 1 is 1.24 bits per heavy atom. The van der Waals surface area contributed by atoms with E-state index in [4.69, 9.17) is 4.74 Å². The number of benzene rings is 1. The largest absolute Gasteiger partial charge is 0.483 e. The second-order valence-electron chi connectivity index (χ2n) is 5.30.